The average molecular weight is 306 g/mol. The van der Waals surface area contributed by atoms with Crippen molar-refractivity contribution in [3.05, 3.63) is 54.1 Å². The number of benzene rings is 2. The molecule has 0 aliphatic carbocycles. The molecule has 2 aromatic carbocycles. The molecule has 2 rings (SSSR count). The first-order chi connectivity index (χ1) is 9.90. The molecule has 0 heterocycles. The van der Waals surface area contributed by atoms with E-state index < -0.39 is 10.0 Å². The van der Waals surface area contributed by atoms with E-state index in [2.05, 4.69) is 5.32 Å². The summed E-state index contributed by atoms with van der Waals surface area (Å²) < 4.78 is 27.3. The van der Waals surface area contributed by atoms with Crippen LogP contribution < -0.4 is 15.2 Å². The Kier molecular flexibility index (Phi) is 4.25. The van der Waals surface area contributed by atoms with Gasteiger partial charge in [-0.2, -0.15) is 0 Å². The highest BCUT2D eigenvalue weighted by molar-refractivity contribution is 7.89. The van der Waals surface area contributed by atoms with E-state index in [-0.39, 0.29) is 10.8 Å². The summed E-state index contributed by atoms with van der Waals surface area (Å²) in [4.78, 5) is 12.0. The molecule has 110 valence electrons. The van der Waals surface area contributed by atoms with Crippen molar-refractivity contribution in [3.63, 3.8) is 0 Å². The van der Waals surface area contributed by atoms with Gasteiger partial charge >= 0.3 is 0 Å². The van der Waals surface area contributed by atoms with Crippen molar-refractivity contribution in [1.82, 2.24) is 0 Å². The van der Waals surface area contributed by atoms with E-state index in [9.17, 15) is 13.2 Å². The molecule has 0 aliphatic heterocycles. The van der Waals surface area contributed by atoms with Gasteiger partial charge in [0.15, 0.2) is 0 Å². The van der Waals surface area contributed by atoms with Crippen molar-refractivity contribution in [2.24, 2.45) is 5.14 Å². The molecule has 0 unspecified atom stereocenters. The van der Waals surface area contributed by atoms with Crippen LogP contribution in [0.15, 0.2) is 53.4 Å². The highest BCUT2D eigenvalue weighted by Gasteiger charge is 2.09. The number of amides is 1. The number of nitrogens with one attached hydrogen (secondary N) is 1. The van der Waals surface area contributed by atoms with Gasteiger partial charge in [-0.05, 0) is 48.5 Å². The fourth-order valence-corrected chi connectivity index (χ4v) is 2.19. The second-order valence-corrected chi connectivity index (χ2v) is 5.81. The molecule has 0 radical (unpaired) electrons. The average Bonchev–Trinajstić information content (AvgIpc) is 2.47. The summed E-state index contributed by atoms with van der Waals surface area (Å²) in [5.74, 6) is 0.352. The first-order valence-corrected chi connectivity index (χ1v) is 7.53. The standard InChI is InChI=1S/C14H14N2O4S/c1-20-12-6-2-10(3-7-12)14(17)16-11-4-8-13(9-5-11)21(15,18)19/h2-9H,1H3,(H,16,17)(H2,15,18,19). The molecule has 0 saturated heterocycles. The number of hydrogen-bond donors (Lipinski definition) is 2. The Morgan fingerprint density at radius 3 is 2.10 bits per heavy atom. The summed E-state index contributed by atoms with van der Waals surface area (Å²) in [5.41, 5.74) is 0.939. The highest BCUT2D eigenvalue weighted by Crippen LogP contribution is 2.15. The van der Waals surface area contributed by atoms with Crippen LogP contribution in [0.4, 0.5) is 5.69 Å². The molecular weight excluding hydrogens is 292 g/mol. The van der Waals surface area contributed by atoms with E-state index in [0.717, 1.165) is 0 Å². The zero-order chi connectivity index (χ0) is 15.5. The predicted octanol–water partition coefficient (Wildman–Crippen LogP) is 1.59. The molecule has 21 heavy (non-hydrogen) atoms. The number of anilines is 1. The Balaban J connectivity index is 2.12. The summed E-state index contributed by atoms with van der Waals surface area (Å²) in [6.07, 6.45) is 0. The van der Waals surface area contributed by atoms with Crippen LogP contribution in [0.2, 0.25) is 0 Å². The minimum absolute atomic E-state index is 0.00931. The third kappa shape index (κ3) is 3.80. The zero-order valence-electron chi connectivity index (χ0n) is 11.2. The SMILES string of the molecule is COc1ccc(C(=O)Nc2ccc(S(N)(=O)=O)cc2)cc1. The maximum Gasteiger partial charge on any atom is 0.255 e. The lowest BCUT2D eigenvalue weighted by Crippen LogP contribution is -2.13. The number of carbonyl (C=O) groups excluding carboxylic acids is 1. The normalized spacial score (nSPS) is 11.0. The zero-order valence-corrected chi connectivity index (χ0v) is 12.1. The number of sulfonamides is 1. The summed E-state index contributed by atoms with van der Waals surface area (Å²) in [6, 6.07) is 12.2. The van der Waals surface area contributed by atoms with Crippen molar-refractivity contribution in [1.29, 1.82) is 0 Å². The lowest BCUT2D eigenvalue weighted by Gasteiger charge is -2.06. The summed E-state index contributed by atoms with van der Waals surface area (Å²) in [6.45, 7) is 0. The van der Waals surface area contributed by atoms with Crippen LogP contribution in [0.3, 0.4) is 0 Å². The molecule has 0 spiro atoms. The van der Waals surface area contributed by atoms with Gasteiger partial charge in [0.25, 0.3) is 5.91 Å². The summed E-state index contributed by atoms with van der Waals surface area (Å²) >= 11 is 0. The number of primary sulfonamides is 1. The largest absolute Gasteiger partial charge is 0.497 e. The van der Waals surface area contributed by atoms with Gasteiger partial charge in [0.2, 0.25) is 10.0 Å². The summed E-state index contributed by atoms with van der Waals surface area (Å²) in [7, 11) is -2.19. The molecule has 3 N–H and O–H groups in total. The van der Waals surface area contributed by atoms with Gasteiger partial charge in [-0.3, -0.25) is 4.79 Å². The molecule has 0 saturated carbocycles. The van der Waals surface area contributed by atoms with Crippen LogP contribution in [0, 0.1) is 0 Å². The van der Waals surface area contributed by atoms with E-state index >= 15 is 0 Å². The molecule has 7 heteroatoms. The third-order valence-corrected chi connectivity index (χ3v) is 3.72. The predicted molar refractivity (Wildman–Crippen MR) is 78.8 cm³/mol. The Morgan fingerprint density at radius 1 is 1.05 bits per heavy atom. The minimum Gasteiger partial charge on any atom is -0.497 e. The Bertz CT molecular complexity index is 738. The van der Waals surface area contributed by atoms with Gasteiger partial charge in [-0.1, -0.05) is 0 Å². The molecule has 1 amide bonds. The second kappa shape index (κ2) is 5.94. The number of ether oxygens (including phenoxy) is 1. The van der Waals surface area contributed by atoms with Crippen LogP contribution >= 0.6 is 0 Å². The Hall–Kier alpha value is -2.38. The monoisotopic (exact) mass is 306 g/mol. The van der Waals surface area contributed by atoms with Gasteiger partial charge in [0.1, 0.15) is 5.75 Å². The lowest BCUT2D eigenvalue weighted by molar-refractivity contribution is 0.102. The molecule has 0 aliphatic rings. The van der Waals surface area contributed by atoms with Gasteiger partial charge in [0.05, 0.1) is 12.0 Å². The van der Waals surface area contributed by atoms with E-state index in [1.54, 1.807) is 31.4 Å². The minimum atomic E-state index is -3.73. The fourth-order valence-electron chi connectivity index (χ4n) is 1.67. The maximum absolute atomic E-state index is 12.0. The maximum atomic E-state index is 12.0. The van der Waals surface area contributed by atoms with Crippen LogP contribution in [0.5, 0.6) is 5.75 Å². The molecule has 0 fully saturated rings. The topological polar surface area (TPSA) is 98.5 Å². The smallest absolute Gasteiger partial charge is 0.255 e. The molecule has 6 nitrogen and oxygen atoms in total. The molecule has 0 aromatic heterocycles. The van der Waals surface area contributed by atoms with Crippen molar-refractivity contribution in [3.8, 4) is 5.75 Å². The molecular formula is C14H14N2O4S. The van der Waals surface area contributed by atoms with Crippen LogP contribution in [0.25, 0.3) is 0 Å². The number of carbonyl (C=O) groups is 1. The summed E-state index contributed by atoms with van der Waals surface area (Å²) in [5, 5.41) is 7.66. The molecule has 2 aromatic rings. The van der Waals surface area contributed by atoms with E-state index in [1.165, 1.54) is 24.3 Å². The van der Waals surface area contributed by atoms with E-state index in [0.29, 0.717) is 17.0 Å². The first-order valence-electron chi connectivity index (χ1n) is 5.98. The van der Waals surface area contributed by atoms with Crippen LogP contribution in [-0.4, -0.2) is 21.4 Å². The van der Waals surface area contributed by atoms with Gasteiger partial charge in [-0.15, -0.1) is 0 Å². The lowest BCUT2D eigenvalue weighted by atomic mass is 10.2. The highest BCUT2D eigenvalue weighted by atomic mass is 32.2. The molecule has 0 bridgehead atoms. The van der Waals surface area contributed by atoms with Gasteiger partial charge < -0.3 is 10.1 Å². The van der Waals surface area contributed by atoms with Gasteiger partial charge in [-0.25, -0.2) is 13.6 Å². The Morgan fingerprint density at radius 2 is 1.62 bits per heavy atom. The van der Waals surface area contributed by atoms with Crippen molar-refractivity contribution < 1.29 is 17.9 Å². The van der Waals surface area contributed by atoms with Gasteiger partial charge in [0, 0.05) is 11.3 Å². The number of nitrogens with two attached hydrogens (primary N) is 1. The van der Waals surface area contributed by atoms with Crippen molar-refractivity contribution in [2.45, 2.75) is 4.90 Å². The van der Waals surface area contributed by atoms with Crippen LogP contribution in [-0.2, 0) is 10.0 Å². The van der Waals surface area contributed by atoms with Crippen LogP contribution in [0.1, 0.15) is 10.4 Å². The Labute approximate surface area is 122 Å². The quantitative estimate of drug-likeness (QED) is 0.896. The molecule has 0 atom stereocenters. The number of hydrogen-bond acceptors (Lipinski definition) is 4. The van der Waals surface area contributed by atoms with E-state index in [1.807, 2.05) is 0 Å². The van der Waals surface area contributed by atoms with E-state index in [4.69, 9.17) is 9.88 Å². The second-order valence-electron chi connectivity index (χ2n) is 4.25. The number of methoxy groups -OCH3 is 1. The van der Waals surface area contributed by atoms with Crippen molar-refractivity contribution >= 4 is 21.6 Å². The number of rotatable bonds is 4. The fraction of sp³-hybridized carbons (Fsp3) is 0.0714. The third-order valence-electron chi connectivity index (χ3n) is 2.79. The van der Waals surface area contributed by atoms with Crippen molar-refractivity contribution in [2.75, 3.05) is 12.4 Å². The first kappa shape index (κ1) is 15.0.